The van der Waals surface area contributed by atoms with Crippen LogP contribution in [0.3, 0.4) is 0 Å². The standard InChI is InChI=1S/2C18H32O2.4C4H9.O.2Sn/c2*1-2-3-4-5-6-7-8-9-10-11-12-13-14-15-16-17-18(19)20;4*1-3-4-2;;;/h2*6-7,9-10H,2-5,8,11-17H2,1H3,(H,19,20);4*1,3-4H2,2H3;;;/q;;;;;;;2*+1/p-2/b7-6+,10-9+;7-6-,10-9-;;;;;;;. The van der Waals surface area contributed by atoms with E-state index in [1.807, 2.05) is 0 Å². The van der Waals surface area contributed by atoms with Gasteiger partial charge in [0.25, 0.3) is 0 Å². The first-order valence-electron chi connectivity index (χ1n) is 25.6. The molecule has 0 aromatic heterocycles. The molecule has 0 aliphatic carbocycles. The molecule has 0 amide bonds. The Bertz CT molecular complexity index is 969. The van der Waals surface area contributed by atoms with Crippen LogP contribution in [0.5, 0.6) is 0 Å². The van der Waals surface area contributed by atoms with Gasteiger partial charge in [-0.2, -0.15) is 0 Å². The number of carbonyl (C=O) groups excluding carboxylic acids is 2. The van der Waals surface area contributed by atoms with E-state index in [4.69, 9.17) is 7.56 Å². The Morgan fingerprint density at radius 1 is 0.339 bits per heavy atom. The Morgan fingerprint density at radius 2 is 0.610 bits per heavy atom. The molecule has 0 saturated carbocycles. The molecule has 5 nitrogen and oxygen atoms in total. The molecule has 59 heavy (non-hydrogen) atoms. The molecule has 7 heteroatoms. The Kier molecular flexibility index (Phi) is 43.7. The number of rotatable bonds is 44. The van der Waals surface area contributed by atoms with Gasteiger partial charge in [-0.15, -0.1) is 0 Å². The summed E-state index contributed by atoms with van der Waals surface area (Å²) in [4.78, 5) is 27.3. The molecule has 0 radical (unpaired) electrons. The number of allylic oxidation sites excluding steroid dienone is 8. The Balaban J connectivity index is 5.21. The number of hydrogen-bond acceptors (Lipinski definition) is 5. The van der Waals surface area contributed by atoms with Gasteiger partial charge >= 0.3 is 291 Å². The molecule has 0 saturated heterocycles. The van der Waals surface area contributed by atoms with E-state index in [0.29, 0.717) is 12.8 Å². The van der Waals surface area contributed by atoms with E-state index in [0.717, 1.165) is 133 Å². The second-order valence-corrected chi connectivity index (χ2v) is 39.0. The quantitative estimate of drug-likeness (QED) is 0.0346. The van der Waals surface area contributed by atoms with Crippen LogP contribution in [0.15, 0.2) is 48.6 Å². The third kappa shape index (κ3) is 36.6. The normalized spacial score (nSPS) is 12.6. The minimum absolute atomic E-state index is 0.0543. The summed E-state index contributed by atoms with van der Waals surface area (Å²) < 4.78 is 24.6. The van der Waals surface area contributed by atoms with E-state index in [-0.39, 0.29) is 11.9 Å². The van der Waals surface area contributed by atoms with E-state index in [2.05, 4.69) is 90.2 Å². The van der Waals surface area contributed by atoms with E-state index in [1.54, 1.807) is 0 Å². The van der Waals surface area contributed by atoms with Crippen LogP contribution in [-0.2, 0) is 17.1 Å². The molecule has 0 rings (SSSR count). The Labute approximate surface area is 378 Å². The smallest absolute Gasteiger partial charge is 0.0882 e. The van der Waals surface area contributed by atoms with E-state index in [1.165, 1.54) is 77.0 Å². The van der Waals surface area contributed by atoms with Gasteiger partial charge in [0.05, 0.1) is 0 Å². The van der Waals surface area contributed by atoms with Crippen molar-refractivity contribution in [2.45, 2.75) is 265 Å². The van der Waals surface area contributed by atoms with Crippen molar-refractivity contribution in [3.05, 3.63) is 48.6 Å². The molecule has 0 aromatic carbocycles. The third-order valence-electron chi connectivity index (χ3n) is 11.3. The van der Waals surface area contributed by atoms with Gasteiger partial charge in [-0.1, -0.05) is 63.8 Å². The fraction of sp³-hybridized carbons (Fsp3) is 0.808. The number of carbonyl (C=O) groups is 2. The van der Waals surface area contributed by atoms with Crippen LogP contribution in [-0.4, -0.2) is 50.3 Å². The van der Waals surface area contributed by atoms with Gasteiger partial charge in [-0.3, -0.25) is 0 Å². The van der Waals surface area contributed by atoms with E-state index >= 15 is 0 Å². The first-order chi connectivity index (χ1) is 28.9. The fourth-order valence-electron chi connectivity index (χ4n) is 7.50. The zero-order valence-corrected chi connectivity index (χ0v) is 45.8. The summed E-state index contributed by atoms with van der Waals surface area (Å²) in [5, 5.41) is 0. The summed E-state index contributed by atoms with van der Waals surface area (Å²) in [6.07, 6.45) is 53.4. The topological polar surface area (TPSA) is 61.8 Å². The van der Waals surface area contributed by atoms with Crippen LogP contribution in [0, 0.1) is 0 Å². The molecular weight excluding hydrogens is 942 g/mol. The average molecular weight is 1040 g/mol. The van der Waals surface area contributed by atoms with Gasteiger partial charge in [0, 0.05) is 0 Å². The zero-order valence-electron chi connectivity index (χ0n) is 40.1. The van der Waals surface area contributed by atoms with Crippen LogP contribution in [0.25, 0.3) is 0 Å². The molecule has 0 fully saturated rings. The van der Waals surface area contributed by atoms with Gasteiger partial charge in [0.15, 0.2) is 0 Å². The van der Waals surface area contributed by atoms with Crippen molar-refractivity contribution in [1.29, 1.82) is 0 Å². The van der Waals surface area contributed by atoms with Crippen molar-refractivity contribution in [3.63, 3.8) is 0 Å². The minimum atomic E-state index is -3.94. The first-order valence-corrected chi connectivity index (χ1v) is 38.3. The zero-order chi connectivity index (χ0) is 43.4. The van der Waals surface area contributed by atoms with Crippen molar-refractivity contribution in [2.75, 3.05) is 0 Å². The van der Waals surface area contributed by atoms with Gasteiger partial charge in [0.2, 0.25) is 0 Å². The van der Waals surface area contributed by atoms with Crippen LogP contribution in [0.1, 0.15) is 247 Å². The van der Waals surface area contributed by atoms with Gasteiger partial charge in [0.1, 0.15) is 0 Å². The molecular formula is C52H98O5Sn2. The van der Waals surface area contributed by atoms with Crippen molar-refractivity contribution in [3.8, 4) is 0 Å². The molecule has 0 aromatic rings. The van der Waals surface area contributed by atoms with Crippen LogP contribution in [0.4, 0.5) is 0 Å². The number of unbranched alkanes of at least 4 members (excludes halogenated alkanes) is 20. The van der Waals surface area contributed by atoms with Gasteiger partial charge in [-0.05, 0) is 25.7 Å². The first kappa shape index (κ1) is 58.5. The molecule has 344 valence electrons. The Morgan fingerprint density at radius 3 is 0.915 bits per heavy atom. The van der Waals surface area contributed by atoms with Crippen molar-refractivity contribution >= 4 is 50.3 Å². The molecule has 0 unspecified atom stereocenters. The average Bonchev–Trinajstić information content (AvgIpc) is 3.23. The third-order valence-corrected chi connectivity index (χ3v) is 43.8. The fourth-order valence-corrected chi connectivity index (χ4v) is 49.0. The molecule has 0 bridgehead atoms. The SMILES string of the molecule is CCCCC/C=C\C/C=C\CCCCCCCC(=O)[O][Sn]([CH2]CCC)([CH2]CCC)[O][Sn]([CH2]CCC)([CH2]CCC)[O]C(=O)CCCCCCC/C=C/C/C=C/CCCCC. The molecule has 0 aliphatic rings. The number of hydrogen-bond donors (Lipinski definition) is 0. The Hall–Kier alpha value is -0.543. The monoisotopic (exact) mass is 1040 g/mol. The summed E-state index contributed by atoms with van der Waals surface area (Å²) >= 11 is -7.88. The van der Waals surface area contributed by atoms with Crippen molar-refractivity contribution < 1.29 is 17.1 Å². The van der Waals surface area contributed by atoms with Gasteiger partial charge in [-0.25, -0.2) is 0 Å². The van der Waals surface area contributed by atoms with E-state index in [9.17, 15) is 9.59 Å². The maximum absolute atomic E-state index is 13.7. The van der Waals surface area contributed by atoms with Crippen molar-refractivity contribution in [1.82, 2.24) is 0 Å². The summed E-state index contributed by atoms with van der Waals surface area (Å²) in [7, 11) is 0. The summed E-state index contributed by atoms with van der Waals surface area (Å²) in [5.74, 6) is -0.109. The molecule has 0 N–H and O–H groups in total. The predicted octanol–water partition coefficient (Wildman–Crippen LogP) is 17.8. The molecule has 0 atom stereocenters. The van der Waals surface area contributed by atoms with Crippen LogP contribution < -0.4 is 0 Å². The minimum Gasteiger partial charge on any atom is -0.0882 e. The molecule has 0 spiro atoms. The van der Waals surface area contributed by atoms with E-state index < -0.39 is 38.4 Å². The summed E-state index contributed by atoms with van der Waals surface area (Å²) in [6, 6.07) is 0. The van der Waals surface area contributed by atoms with Gasteiger partial charge < -0.3 is 0 Å². The second-order valence-electron chi connectivity index (χ2n) is 17.2. The predicted molar refractivity (Wildman–Crippen MR) is 262 cm³/mol. The van der Waals surface area contributed by atoms with Crippen molar-refractivity contribution in [2.24, 2.45) is 0 Å². The maximum atomic E-state index is 13.7. The molecule has 0 aliphatic heterocycles. The summed E-state index contributed by atoms with van der Waals surface area (Å²) in [6.45, 7) is 13.4. The summed E-state index contributed by atoms with van der Waals surface area (Å²) in [5.41, 5.74) is 0. The second kappa shape index (κ2) is 44.1. The van der Waals surface area contributed by atoms with Crippen LogP contribution in [0.2, 0.25) is 17.7 Å². The molecule has 0 heterocycles. The van der Waals surface area contributed by atoms with Crippen LogP contribution >= 0.6 is 0 Å².